The van der Waals surface area contributed by atoms with Crippen molar-refractivity contribution in [3.8, 4) is 0 Å². The van der Waals surface area contributed by atoms with E-state index in [9.17, 15) is 9.59 Å². The van der Waals surface area contributed by atoms with Crippen molar-refractivity contribution in [2.24, 2.45) is 17.8 Å². The van der Waals surface area contributed by atoms with Crippen molar-refractivity contribution in [1.82, 2.24) is 5.32 Å². The molecule has 3 atom stereocenters. The molecule has 3 unspecified atom stereocenters. The highest BCUT2D eigenvalue weighted by Crippen LogP contribution is 2.36. The summed E-state index contributed by atoms with van der Waals surface area (Å²) < 4.78 is 0. The van der Waals surface area contributed by atoms with E-state index < -0.39 is 23.3 Å². The quantitative estimate of drug-likeness (QED) is 0.675. The summed E-state index contributed by atoms with van der Waals surface area (Å²) in [4.78, 5) is 23.1. The van der Waals surface area contributed by atoms with Crippen LogP contribution in [0, 0.1) is 17.8 Å². The third kappa shape index (κ3) is 3.43. The Kier molecular flexibility index (Phi) is 4.14. The maximum absolute atomic E-state index is 12.0. The number of nitrogens with one attached hydrogen (secondary N) is 1. The summed E-state index contributed by atoms with van der Waals surface area (Å²) in [7, 11) is 0. The van der Waals surface area contributed by atoms with Crippen LogP contribution in [-0.4, -0.2) is 34.2 Å². The summed E-state index contributed by atoms with van der Waals surface area (Å²) in [6, 6.07) is 0. The third-order valence-electron chi connectivity index (χ3n) is 3.31. The van der Waals surface area contributed by atoms with Crippen LogP contribution in [0.25, 0.3) is 0 Å². The normalized spacial score (nSPS) is 29.1. The van der Waals surface area contributed by atoms with Gasteiger partial charge < -0.3 is 15.5 Å². The van der Waals surface area contributed by atoms with Crippen molar-refractivity contribution in [2.45, 2.75) is 39.2 Å². The maximum atomic E-state index is 12.0. The molecular formula is C12H21NO4. The number of amides is 1. The zero-order valence-corrected chi connectivity index (χ0v) is 10.6. The molecule has 0 aliphatic heterocycles. The summed E-state index contributed by atoms with van der Waals surface area (Å²) in [6.45, 7) is 5.21. The van der Waals surface area contributed by atoms with E-state index in [2.05, 4.69) is 5.32 Å². The number of carboxylic acid groups (broad SMARTS) is 1. The second-order valence-electron chi connectivity index (χ2n) is 5.66. The first-order chi connectivity index (χ1) is 7.76. The van der Waals surface area contributed by atoms with Crippen LogP contribution in [0.3, 0.4) is 0 Å². The molecule has 98 valence electrons. The van der Waals surface area contributed by atoms with Crippen LogP contribution in [-0.2, 0) is 9.59 Å². The summed E-state index contributed by atoms with van der Waals surface area (Å²) >= 11 is 0. The highest BCUT2D eigenvalue weighted by molar-refractivity contribution is 5.85. The van der Waals surface area contributed by atoms with E-state index in [0.29, 0.717) is 12.8 Å². The van der Waals surface area contributed by atoms with Crippen molar-refractivity contribution in [2.75, 3.05) is 6.61 Å². The van der Waals surface area contributed by atoms with Crippen LogP contribution in [0.2, 0.25) is 0 Å². The molecule has 1 saturated carbocycles. The molecule has 0 aromatic rings. The van der Waals surface area contributed by atoms with Gasteiger partial charge in [0, 0.05) is 0 Å². The number of carboxylic acids is 1. The highest BCUT2D eigenvalue weighted by atomic mass is 16.4. The van der Waals surface area contributed by atoms with Crippen molar-refractivity contribution in [3.05, 3.63) is 0 Å². The van der Waals surface area contributed by atoms with Gasteiger partial charge in [-0.05, 0) is 32.6 Å². The van der Waals surface area contributed by atoms with Gasteiger partial charge in [0.05, 0.1) is 24.0 Å². The molecule has 17 heavy (non-hydrogen) atoms. The molecule has 5 heteroatoms. The SMILES string of the molecule is CC1CC(C(=O)O)C(C(=O)NC(C)(C)CO)C1. The number of carbonyl (C=O) groups excluding carboxylic acids is 1. The molecule has 0 heterocycles. The van der Waals surface area contributed by atoms with Crippen LogP contribution in [0.1, 0.15) is 33.6 Å². The van der Waals surface area contributed by atoms with Gasteiger partial charge in [-0.25, -0.2) is 0 Å². The van der Waals surface area contributed by atoms with Crippen LogP contribution in [0.15, 0.2) is 0 Å². The first-order valence-electron chi connectivity index (χ1n) is 5.92. The Bertz CT molecular complexity index is 314. The van der Waals surface area contributed by atoms with E-state index in [1.807, 2.05) is 6.92 Å². The first-order valence-corrected chi connectivity index (χ1v) is 5.92. The van der Waals surface area contributed by atoms with E-state index in [-0.39, 0.29) is 18.4 Å². The van der Waals surface area contributed by atoms with Gasteiger partial charge in [0.15, 0.2) is 0 Å². The molecular weight excluding hydrogens is 222 g/mol. The Labute approximate surface area is 101 Å². The van der Waals surface area contributed by atoms with Gasteiger partial charge in [-0.15, -0.1) is 0 Å². The fourth-order valence-corrected chi connectivity index (χ4v) is 2.32. The van der Waals surface area contributed by atoms with Crippen molar-refractivity contribution in [3.63, 3.8) is 0 Å². The monoisotopic (exact) mass is 243 g/mol. The molecule has 0 aromatic heterocycles. The zero-order valence-electron chi connectivity index (χ0n) is 10.6. The van der Waals surface area contributed by atoms with Gasteiger partial charge in [0.1, 0.15) is 0 Å². The van der Waals surface area contributed by atoms with Crippen molar-refractivity contribution < 1.29 is 19.8 Å². The standard InChI is InChI=1S/C12H21NO4/c1-7-4-8(9(5-7)11(16)17)10(15)13-12(2,3)6-14/h7-9,14H,4-6H2,1-3H3,(H,13,15)(H,16,17). The molecule has 0 spiro atoms. The third-order valence-corrected chi connectivity index (χ3v) is 3.31. The number of hydrogen-bond donors (Lipinski definition) is 3. The summed E-state index contributed by atoms with van der Waals surface area (Å²) in [5.74, 6) is -1.99. The lowest BCUT2D eigenvalue weighted by atomic mass is 9.94. The Morgan fingerprint density at radius 2 is 1.82 bits per heavy atom. The van der Waals surface area contributed by atoms with E-state index in [0.717, 1.165) is 0 Å². The lowest BCUT2D eigenvalue weighted by Crippen LogP contribution is -2.49. The zero-order chi connectivity index (χ0) is 13.2. The molecule has 5 nitrogen and oxygen atoms in total. The number of aliphatic carboxylic acids is 1. The van der Waals surface area contributed by atoms with E-state index in [1.54, 1.807) is 13.8 Å². The molecule has 0 radical (unpaired) electrons. The Morgan fingerprint density at radius 3 is 2.29 bits per heavy atom. The predicted molar refractivity (Wildman–Crippen MR) is 62.3 cm³/mol. The van der Waals surface area contributed by atoms with Crippen LogP contribution in [0.5, 0.6) is 0 Å². The number of hydrogen-bond acceptors (Lipinski definition) is 3. The number of rotatable bonds is 4. The Balaban J connectivity index is 2.71. The molecule has 1 aliphatic rings. The number of aliphatic hydroxyl groups is 1. The van der Waals surface area contributed by atoms with Gasteiger partial charge >= 0.3 is 5.97 Å². The fraction of sp³-hybridized carbons (Fsp3) is 0.833. The summed E-state index contributed by atoms with van der Waals surface area (Å²) in [5.41, 5.74) is -0.702. The van der Waals surface area contributed by atoms with Crippen LogP contribution in [0.4, 0.5) is 0 Å². The second kappa shape index (κ2) is 5.04. The average molecular weight is 243 g/mol. The van der Waals surface area contributed by atoms with E-state index in [1.165, 1.54) is 0 Å². The number of carbonyl (C=O) groups is 2. The summed E-state index contributed by atoms with van der Waals surface area (Å²) in [5, 5.41) is 20.9. The lowest BCUT2D eigenvalue weighted by Gasteiger charge is -2.26. The molecule has 1 aliphatic carbocycles. The van der Waals surface area contributed by atoms with Gasteiger partial charge in [0.25, 0.3) is 0 Å². The molecule has 0 saturated heterocycles. The Morgan fingerprint density at radius 1 is 1.29 bits per heavy atom. The van der Waals surface area contributed by atoms with Gasteiger partial charge in [0.2, 0.25) is 5.91 Å². The highest BCUT2D eigenvalue weighted by Gasteiger charge is 2.42. The Hall–Kier alpha value is -1.10. The largest absolute Gasteiger partial charge is 0.481 e. The van der Waals surface area contributed by atoms with Crippen LogP contribution >= 0.6 is 0 Å². The van der Waals surface area contributed by atoms with Crippen LogP contribution < -0.4 is 5.32 Å². The van der Waals surface area contributed by atoms with E-state index in [4.69, 9.17) is 10.2 Å². The number of aliphatic hydroxyl groups excluding tert-OH is 1. The molecule has 3 N–H and O–H groups in total. The first kappa shape index (κ1) is 14.0. The topological polar surface area (TPSA) is 86.6 Å². The lowest BCUT2D eigenvalue weighted by molar-refractivity contribution is -0.146. The maximum Gasteiger partial charge on any atom is 0.307 e. The summed E-state index contributed by atoms with van der Waals surface area (Å²) in [6.07, 6.45) is 1.15. The minimum Gasteiger partial charge on any atom is -0.481 e. The molecule has 0 aromatic carbocycles. The van der Waals surface area contributed by atoms with Crippen molar-refractivity contribution in [1.29, 1.82) is 0 Å². The van der Waals surface area contributed by atoms with Gasteiger partial charge in [-0.1, -0.05) is 6.92 Å². The fourth-order valence-electron chi connectivity index (χ4n) is 2.32. The average Bonchev–Trinajstić information content (AvgIpc) is 2.60. The van der Waals surface area contributed by atoms with Gasteiger partial charge in [-0.2, -0.15) is 0 Å². The molecule has 1 rings (SSSR count). The molecule has 1 fully saturated rings. The molecule has 0 bridgehead atoms. The van der Waals surface area contributed by atoms with Gasteiger partial charge in [-0.3, -0.25) is 9.59 Å². The second-order valence-corrected chi connectivity index (χ2v) is 5.66. The molecule has 1 amide bonds. The minimum atomic E-state index is -0.906. The minimum absolute atomic E-state index is 0.168. The smallest absolute Gasteiger partial charge is 0.307 e. The van der Waals surface area contributed by atoms with E-state index >= 15 is 0 Å². The predicted octanol–water partition coefficient (Wildman–Crippen LogP) is 0.620. The van der Waals surface area contributed by atoms with Crippen molar-refractivity contribution >= 4 is 11.9 Å².